The molecule has 1 saturated heterocycles. The van der Waals surface area contributed by atoms with Crippen LogP contribution >= 0.6 is 0 Å². The number of carbonyl (C=O) groups is 1. The first-order chi connectivity index (χ1) is 10.8. The quantitative estimate of drug-likeness (QED) is 0.759. The molecule has 0 saturated carbocycles. The van der Waals surface area contributed by atoms with Crippen molar-refractivity contribution < 1.29 is 14.3 Å². The Labute approximate surface area is 129 Å². The van der Waals surface area contributed by atoms with E-state index in [9.17, 15) is 4.79 Å². The Hall–Kier alpha value is -1.92. The molecule has 0 N–H and O–H groups in total. The molecular weight excluding hydrogens is 282 g/mol. The lowest BCUT2D eigenvalue weighted by molar-refractivity contribution is 0.0322. The molecule has 0 aromatic carbocycles. The van der Waals surface area contributed by atoms with E-state index in [1.54, 1.807) is 10.7 Å². The molecular formula is C16H21N3O3. The highest BCUT2D eigenvalue weighted by Gasteiger charge is 2.12. The summed E-state index contributed by atoms with van der Waals surface area (Å²) in [6.07, 6.45) is 3.93. The fourth-order valence-corrected chi connectivity index (χ4v) is 2.57. The van der Waals surface area contributed by atoms with Crippen molar-refractivity contribution in [3.63, 3.8) is 0 Å². The number of Topliss-reactive ketones (excluding diaryl/α,β-unsaturated/α-hetero) is 1. The number of rotatable bonds is 6. The number of ketones is 1. The summed E-state index contributed by atoms with van der Waals surface area (Å²) >= 11 is 0. The van der Waals surface area contributed by atoms with E-state index in [1.807, 2.05) is 25.3 Å². The predicted molar refractivity (Wildman–Crippen MR) is 82.6 cm³/mol. The number of aromatic nitrogens is 2. The molecule has 3 heterocycles. The number of hydrogen-bond donors (Lipinski definition) is 0. The van der Waals surface area contributed by atoms with Crippen molar-refractivity contribution >= 4 is 11.3 Å². The fraction of sp³-hybridized carbons (Fsp3) is 0.500. The summed E-state index contributed by atoms with van der Waals surface area (Å²) in [5.41, 5.74) is 1.50. The molecule has 1 aliphatic heterocycles. The van der Waals surface area contributed by atoms with E-state index in [-0.39, 0.29) is 5.78 Å². The van der Waals surface area contributed by atoms with Crippen LogP contribution < -0.4 is 4.74 Å². The van der Waals surface area contributed by atoms with Crippen molar-refractivity contribution in [3.05, 3.63) is 30.1 Å². The zero-order valence-corrected chi connectivity index (χ0v) is 12.8. The molecule has 6 nitrogen and oxygen atoms in total. The molecule has 0 unspecified atom stereocenters. The molecule has 0 amide bonds. The second-order valence-electron chi connectivity index (χ2n) is 5.33. The van der Waals surface area contributed by atoms with Gasteiger partial charge in [0.2, 0.25) is 0 Å². The van der Waals surface area contributed by atoms with Gasteiger partial charge in [0.15, 0.2) is 5.78 Å². The molecule has 118 valence electrons. The lowest BCUT2D eigenvalue weighted by Gasteiger charge is -2.26. The van der Waals surface area contributed by atoms with Crippen LogP contribution in [-0.2, 0) is 4.74 Å². The minimum absolute atomic E-state index is 0.107. The summed E-state index contributed by atoms with van der Waals surface area (Å²) in [5.74, 6) is 0.871. The summed E-state index contributed by atoms with van der Waals surface area (Å²) in [5, 5.41) is 4.24. The third-order valence-electron chi connectivity index (χ3n) is 3.89. The van der Waals surface area contributed by atoms with E-state index in [4.69, 9.17) is 9.47 Å². The zero-order chi connectivity index (χ0) is 15.4. The van der Waals surface area contributed by atoms with E-state index in [2.05, 4.69) is 10.00 Å². The van der Waals surface area contributed by atoms with Gasteiger partial charge in [-0.25, -0.2) is 4.52 Å². The Kier molecular flexibility index (Phi) is 4.70. The molecule has 1 aliphatic rings. The molecule has 0 atom stereocenters. The number of morpholine rings is 1. The Morgan fingerprint density at radius 1 is 1.36 bits per heavy atom. The maximum absolute atomic E-state index is 11.8. The van der Waals surface area contributed by atoms with E-state index < -0.39 is 0 Å². The van der Waals surface area contributed by atoms with Gasteiger partial charge in [0, 0.05) is 26.1 Å². The highest BCUT2D eigenvalue weighted by molar-refractivity contribution is 6.01. The Morgan fingerprint density at radius 2 is 2.18 bits per heavy atom. The first-order valence-electron chi connectivity index (χ1n) is 7.71. The van der Waals surface area contributed by atoms with E-state index in [0.29, 0.717) is 18.6 Å². The van der Waals surface area contributed by atoms with Gasteiger partial charge in [-0.05, 0) is 12.1 Å². The van der Waals surface area contributed by atoms with Gasteiger partial charge in [-0.15, -0.1) is 0 Å². The first kappa shape index (κ1) is 15.0. The predicted octanol–water partition coefficient (Wildman–Crippen LogP) is 1.64. The average molecular weight is 303 g/mol. The van der Waals surface area contributed by atoms with Gasteiger partial charge >= 0.3 is 0 Å². The van der Waals surface area contributed by atoms with Gasteiger partial charge in [-0.1, -0.05) is 6.92 Å². The lowest BCUT2D eigenvalue weighted by atomic mass is 10.1. The van der Waals surface area contributed by atoms with Crippen molar-refractivity contribution in [2.75, 3.05) is 39.5 Å². The second-order valence-corrected chi connectivity index (χ2v) is 5.33. The highest BCUT2D eigenvalue weighted by Crippen LogP contribution is 2.17. The molecule has 2 aromatic heterocycles. The summed E-state index contributed by atoms with van der Waals surface area (Å²) in [6, 6.07) is 3.78. The van der Waals surface area contributed by atoms with Crippen LogP contribution in [0, 0.1) is 0 Å². The SMILES string of the molecule is CCC(=O)c1cnn2cc(OCCN3CCOCC3)ccc12. The largest absolute Gasteiger partial charge is 0.491 e. The molecule has 1 fully saturated rings. The van der Waals surface area contributed by atoms with Crippen molar-refractivity contribution in [2.45, 2.75) is 13.3 Å². The molecule has 22 heavy (non-hydrogen) atoms. The molecule has 0 spiro atoms. The summed E-state index contributed by atoms with van der Waals surface area (Å²) in [4.78, 5) is 14.1. The van der Waals surface area contributed by atoms with E-state index in [1.165, 1.54) is 0 Å². The number of pyridine rings is 1. The topological polar surface area (TPSA) is 56.1 Å². The van der Waals surface area contributed by atoms with Gasteiger partial charge in [0.25, 0.3) is 0 Å². The highest BCUT2D eigenvalue weighted by atomic mass is 16.5. The van der Waals surface area contributed by atoms with Crippen molar-refractivity contribution in [3.8, 4) is 5.75 Å². The fourth-order valence-electron chi connectivity index (χ4n) is 2.57. The molecule has 3 rings (SSSR count). The minimum atomic E-state index is 0.107. The molecule has 0 aliphatic carbocycles. The molecule has 0 radical (unpaired) electrons. The Morgan fingerprint density at radius 3 is 2.95 bits per heavy atom. The van der Waals surface area contributed by atoms with Crippen LogP contribution in [0.2, 0.25) is 0 Å². The van der Waals surface area contributed by atoms with Crippen LogP contribution in [0.1, 0.15) is 23.7 Å². The van der Waals surface area contributed by atoms with Crippen molar-refractivity contribution in [2.24, 2.45) is 0 Å². The lowest BCUT2D eigenvalue weighted by Crippen LogP contribution is -2.38. The Bertz CT molecular complexity index is 647. The van der Waals surface area contributed by atoms with Crippen LogP contribution in [-0.4, -0.2) is 59.8 Å². The van der Waals surface area contributed by atoms with E-state index in [0.717, 1.165) is 44.1 Å². The smallest absolute Gasteiger partial charge is 0.166 e. The normalized spacial score (nSPS) is 16.0. The van der Waals surface area contributed by atoms with Crippen LogP contribution in [0.3, 0.4) is 0 Å². The maximum atomic E-state index is 11.8. The van der Waals surface area contributed by atoms with Gasteiger partial charge in [-0.3, -0.25) is 9.69 Å². The zero-order valence-electron chi connectivity index (χ0n) is 12.8. The number of carbonyl (C=O) groups excluding carboxylic acids is 1. The van der Waals surface area contributed by atoms with Gasteiger partial charge in [0.05, 0.1) is 36.7 Å². The third-order valence-corrected chi connectivity index (χ3v) is 3.89. The monoisotopic (exact) mass is 303 g/mol. The maximum Gasteiger partial charge on any atom is 0.166 e. The van der Waals surface area contributed by atoms with Crippen LogP contribution in [0.5, 0.6) is 5.75 Å². The van der Waals surface area contributed by atoms with Crippen LogP contribution in [0.25, 0.3) is 5.52 Å². The number of nitrogens with zero attached hydrogens (tertiary/aromatic N) is 3. The Balaban J connectivity index is 1.61. The molecule has 6 heteroatoms. The molecule has 2 aromatic rings. The molecule has 0 bridgehead atoms. The second kappa shape index (κ2) is 6.89. The van der Waals surface area contributed by atoms with Crippen LogP contribution in [0.4, 0.5) is 0 Å². The number of ether oxygens (including phenoxy) is 2. The number of fused-ring (bicyclic) bond motifs is 1. The van der Waals surface area contributed by atoms with Gasteiger partial charge < -0.3 is 9.47 Å². The summed E-state index contributed by atoms with van der Waals surface area (Å²) in [6.45, 7) is 6.90. The summed E-state index contributed by atoms with van der Waals surface area (Å²) in [7, 11) is 0. The van der Waals surface area contributed by atoms with Gasteiger partial charge in [0.1, 0.15) is 12.4 Å². The summed E-state index contributed by atoms with van der Waals surface area (Å²) < 4.78 is 12.8. The average Bonchev–Trinajstić information content (AvgIpc) is 2.98. The van der Waals surface area contributed by atoms with Crippen LogP contribution in [0.15, 0.2) is 24.5 Å². The number of hydrogen-bond acceptors (Lipinski definition) is 5. The third kappa shape index (κ3) is 3.28. The van der Waals surface area contributed by atoms with E-state index >= 15 is 0 Å². The first-order valence-corrected chi connectivity index (χ1v) is 7.71. The van der Waals surface area contributed by atoms with Crippen molar-refractivity contribution in [1.29, 1.82) is 0 Å². The standard InChI is InChI=1S/C16H21N3O3/c1-2-16(20)14-11-17-19-12-13(3-4-15(14)19)22-10-7-18-5-8-21-9-6-18/h3-4,11-12H,2,5-10H2,1H3. The van der Waals surface area contributed by atoms with Crippen molar-refractivity contribution in [1.82, 2.24) is 14.5 Å². The minimum Gasteiger partial charge on any atom is -0.491 e. The van der Waals surface area contributed by atoms with Gasteiger partial charge in [-0.2, -0.15) is 5.10 Å².